The van der Waals surface area contributed by atoms with E-state index < -0.39 is 0 Å². The third-order valence-electron chi connectivity index (χ3n) is 4.89. The van der Waals surface area contributed by atoms with E-state index in [0.717, 1.165) is 27.9 Å². The fourth-order valence-electron chi connectivity index (χ4n) is 3.12. The monoisotopic (exact) mass is 408 g/mol. The molecule has 0 spiro atoms. The van der Waals surface area contributed by atoms with Gasteiger partial charge in [0, 0.05) is 30.5 Å². The molecule has 2 aromatic carbocycles. The van der Waals surface area contributed by atoms with Crippen LogP contribution in [0, 0.1) is 13.8 Å². The molecule has 29 heavy (non-hydrogen) atoms. The van der Waals surface area contributed by atoms with Gasteiger partial charge in [-0.25, -0.2) is 9.78 Å². The molecule has 0 saturated carbocycles. The zero-order valence-electron chi connectivity index (χ0n) is 17.1. The van der Waals surface area contributed by atoms with Crippen LogP contribution in [0.3, 0.4) is 0 Å². The van der Waals surface area contributed by atoms with Crippen molar-refractivity contribution in [2.75, 3.05) is 7.11 Å². The smallest absolute Gasteiger partial charge is 0.337 e. The molecule has 6 heteroatoms. The second-order valence-corrected chi connectivity index (χ2v) is 7.85. The molecule has 1 heterocycles. The van der Waals surface area contributed by atoms with Crippen LogP contribution in [0.5, 0.6) is 0 Å². The zero-order valence-corrected chi connectivity index (χ0v) is 17.9. The minimum absolute atomic E-state index is 0.0217. The van der Waals surface area contributed by atoms with Gasteiger partial charge in [-0.15, -0.1) is 0 Å². The Kier molecular flexibility index (Phi) is 6.54. The fraction of sp³-hybridized carbons (Fsp3) is 0.261. The molecule has 0 atom stereocenters. The Morgan fingerprint density at radius 3 is 2.62 bits per heavy atom. The number of esters is 1. The maximum absolute atomic E-state index is 13.0. The molecule has 0 aliphatic heterocycles. The lowest BCUT2D eigenvalue weighted by molar-refractivity contribution is 0.0600. The summed E-state index contributed by atoms with van der Waals surface area (Å²) in [6.45, 7) is 3.94. The van der Waals surface area contributed by atoms with Crippen molar-refractivity contribution in [2.45, 2.75) is 31.2 Å². The lowest BCUT2D eigenvalue weighted by Crippen LogP contribution is -2.26. The van der Waals surface area contributed by atoms with E-state index in [9.17, 15) is 9.59 Å². The third kappa shape index (κ3) is 4.77. The van der Waals surface area contributed by atoms with Gasteiger partial charge in [-0.2, -0.15) is 0 Å². The van der Waals surface area contributed by atoms with Gasteiger partial charge >= 0.3 is 5.97 Å². The average molecular weight is 409 g/mol. The number of aryl methyl sites for hydroxylation is 2. The van der Waals surface area contributed by atoms with Gasteiger partial charge in [0.15, 0.2) is 5.16 Å². The van der Waals surface area contributed by atoms with Crippen molar-refractivity contribution < 1.29 is 9.53 Å². The molecule has 3 rings (SSSR count). The predicted octanol–water partition coefficient (Wildman–Crippen LogP) is 4.07. The average Bonchev–Trinajstić information content (AvgIpc) is 2.73. The van der Waals surface area contributed by atoms with Crippen LogP contribution in [0.25, 0.3) is 0 Å². The molecule has 0 unspecified atom stereocenters. The minimum atomic E-state index is -0.362. The molecular formula is C23H24N2O3S. The van der Waals surface area contributed by atoms with E-state index in [-0.39, 0.29) is 11.5 Å². The molecule has 0 fully saturated rings. The lowest BCUT2D eigenvalue weighted by Gasteiger charge is -2.13. The van der Waals surface area contributed by atoms with Gasteiger partial charge in [0.25, 0.3) is 5.56 Å². The number of benzene rings is 2. The van der Waals surface area contributed by atoms with Crippen molar-refractivity contribution in [1.29, 1.82) is 0 Å². The first-order valence-electron chi connectivity index (χ1n) is 9.31. The number of hydrogen-bond acceptors (Lipinski definition) is 5. The maximum atomic E-state index is 13.0. The maximum Gasteiger partial charge on any atom is 0.337 e. The topological polar surface area (TPSA) is 61.2 Å². The summed E-state index contributed by atoms with van der Waals surface area (Å²) in [5.74, 6) is 0.237. The van der Waals surface area contributed by atoms with Gasteiger partial charge in [0.1, 0.15) is 0 Å². The second kappa shape index (κ2) is 9.09. The van der Waals surface area contributed by atoms with Gasteiger partial charge in [-0.1, -0.05) is 48.2 Å². The SMILES string of the molecule is COC(=O)c1cccc(CSc2nc(C)c(Cc3ccccc3C)c(=O)n2C)c1. The molecule has 0 amide bonds. The number of thioether (sulfide) groups is 1. The summed E-state index contributed by atoms with van der Waals surface area (Å²) in [7, 11) is 3.12. The highest BCUT2D eigenvalue weighted by Gasteiger charge is 2.14. The standard InChI is InChI=1S/C23H24N2O3S/c1-15-8-5-6-10-18(15)13-20-16(2)24-23(25(3)21(20)26)29-14-17-9-7-11-19(12-17)22(27)28-4/h5-12H,13-14H2,1-4H3. The molecule has 150 valence electrons. The number of rotatable bonds is 6. The third-order valence-corrected chi connectivity index (χ3v) is 6.00. The number of aromatic nitrogens is 2. The fourth-order valence-corrected chi connectivity index (χ4v) is 4.07. The highest BCUT2D eigenvalue weighted by molar-refractivity contribution is 7.98. The molecule has 1 aromatic heterocycles. The summed E-state index contributed by atoms with van der Waals surface area (Å²) in [6.07, 6.45) is 0.574. The van der Waals surface area contributed by atoms with Crippen LogP contribution in [0.4, 0.5) is 0 Å². The van der Waals surface area contributed by atoms with Crippen LogP contribution in [0.15, 0.2) is 58.5 Å². The van der Waals surface area contributed by atoms with Crippen molar-refractivity contribution in [3.63, 3.8) is 0 Å². The van der Waals surface area contributed by atoms with Gasteiger partial charge < -0.3 is 4.74 Å². The van der Waals surface area contributed by atoms with E-state index in [1.165, 1.54) is 18.9 Å². The number of carbonyl (C=O) groups is 1. The number of carbonyl (C=O) groups excluding carboxylic acids is 1. The highest BCUT2D eigenvalue weighted by atomic mass is 32.2. The number of methoxy groups -OCH3 is 1. The Hall–Kier alpha value is -2.86. The van der Waals surface area contributed by atoms with Gasteiger partial charge in [0.2, 0.25) is 0 Å². The molecule has 3 aromatic rings. The summed E-state index contributed by atoms with van der Waals surface area (Å²) in [5, 5.41) is 0.657. The van der Waals surface area contributed by atoms with Crippen molar-refractivity contribution >= 4 is 17.7 Å². The summed E-state index contributed by atoms with van der Waals surface area (Å²) < 4.78 is 6.38. The first-order valence-corrected chi connectivity index (χ1v) is 10.3. The first kappa shape index (κ1) is 20.9. The number of ether oxygens (including phenoxy) is 1. The van der Waals surface area contributed by atoms with Gasteiger partial charge in [-0.3, -0.25) is 9.36 Å². The Bertz CT molecular complexity index is 1110. The van der Waals surface area contributed by atoms with E-state index >= 15 is 0 Å². The van der Waals surface area contributed by atoms with Crippen LogP contribution in [-0.2, 0) is 24.0 Å². The van der Waals surface area contributed by atoms with E-state index in [2.05, 4.69) is 18.0 Å². The number of hydrogen-bond donors (Lipinski definition) is 0. The zero-order chi connectivity index (χ0) is 21.0. The predicted molar refractivity (Wildman–Crippen MR) is 116 cm³/mol. The molecule has 0 bridgehead atoms. The first-order chi connectivity index (χ1) is 13.9. The van der Waals surface area contributed by atoms with Crippen LogP contribution in [0.1, 0.15) is 38.3 Å². The largest absolute Gasteiger partial charge is 0.465 e. The summed E-state index contributed by atoms with van der Waals surface area (Å²) in [4.78, 5) is 29.4. The molecule has 0 radical (unpaired) electrons. The lowest BCUT2D eigenvalue weighted by atomic mass is 10.0. The molecule has 0 N–H and O–H groups in total. The van der Waals surface area contributed by atoms with Crippen molar-refractivity contribution in [3.05, 3.63) is 92.4 Å². The van der Waals surface area contributed by atoms with E-state index in [1.54, 1.807) is 23.7 Å². The summed E-state index contributed by atoms with van der Waals surface area (Å²) in [6, 6.07) is 15.4. The van der Waals surface area contributed by atoms with Crippen molar-refractivity contribution in [2.24, 2.45) is 7.05 Å². The second-order valence-electron chi connectivity index (χ2n) is 6.91. The van der Waals surface area contributed by atoms with Crippen LogP contribution < -0.4 is 5.56 Å². The van der Waals surface area contributed by atoms with Crippen LogP contribution in [0.2, 0.25) is 0 Å². The van der Waals surface area contributed by atoms with Crippen LogP contribution >= 0.6 is 11.8 Å². The van der Waals surface area contributed by atoms with Gasteiger partial charge in [0.05, 0.1) is 12.7 Å². The van der Waals surface area contributed by atoms with Crippen LogP contribution in [-0.4, -0.2) is 22.6 Å². The normalized spacial score (nSPS) is 10.8. The Labute approximate surface area is 174 Å². The van der Waals surface area contributed by atoms with E-state index in [4.69, 9.17) is 4.74 Å². The molecule has 0 aliphatic carbocycles. The Morgan fingerprint density at radius 2 is 1.90 bits per heavy atom. The molecular weight excluding hydrogens is 384 g/mol. The Balaban J connectivity index is 1.82. The molecule has 0 saturated heterocycles. The van der Waals surface area contributed by atoms with Crippen molar-refractivity contribution in [3.8, 4) is 0 Å². The minimum Gasteiger partial charge on any atom is -0.465 e. The quantitative estimate of drug-likeness (QED) is 0.350. The van der Waals surface area contributed by atoms with Gasteiger partial charge in [-0.05, 0) is 42.7 Å². The highest BCUT2D eigenvalue weighted by Crippen LogP contribution is 2.22. The summed E-state index contributed by atoms with van der Waals surface area (Å²) in [5.41, 5.74) is 5.23. The van der Waals surface area contributed by atoms with E-state index in [0.29, 0.717) is 22.9 Å². The van der Waals surface area contributed by atoms with Crippen molar-refractivity contribution in [1.82, 2.24) is 9.55 Å². The summed E-state index contributed by atoms with van der Waals surface area (Å²) >= 11 is 1.47. The van der Waals surface area contributed by atoms with E-state index in [1.807, 2.05) is 37.3 Å². The number of nitrogens with zero attached hydrogens (tertiary/aromatic N) is 2. The molecule has 0 aliphatic rings. The Morgan fingerprint density at radius 1 is 1.14 bits per heavy atom. The molecule has 5 nitrogen and oxygen atoms in total.